The lowest BCUT2D eigenvalue weighted by molar-refractivity contribution is -0.140. The van der Waals surface area contributed by atoms with Crippen molar-refractivity contribution in [3.05, 3.63) is 59.4 Å². The number of carbonyl (C=O) groups excluding carboxylic acids is 1. The molecule has 3 aromatic rings. The van der Waals surface area contributed by atoms with Gasteiger partial charge in [-0.1, -0.05) is 17.3 Å². The summed E-state index contributed by atoms with van der Waals surface area (Å²) in [5, 5.41) is 3.59. The second kappa shape index (κ2) is 8.27. The van der Waals surface area contributed by atoms with Crippen molar-refractivity contribution >= 4 is 23.2 Å². The summed E-state index contributed by atoms with van der Waals surface area (Å²) < 4.78 is 11.3. The Morgan fingerprint density at radius 3 is 2.56 bits per heavy atom. The summed E-state index contributed by atoms with van der Waals surface area (Å²) in [5.74, 6) is 0.620. The predicted octanol–water partition coefficient (Wildman–Crippen LogP) is 3.42. The van der Waals surface area contributed by atoms with Crippen LogP contribution in [0.15, 0.2) is 47.6 Å². The Bertz CT molecular complexity index is 1000. The fourth-order valence-electron chi connectivity index (χ4n) is 2.45. The molecule has 7 nitrogen and oxygen atoms in total. The Balaban J connectivity index is 1.76. The number of aromatic nitrogens is 2. The number of para-hydroxylation sites is 2. The van der Waals surface area contributed by atoms with Crippen molar-refractivity contribution in [3.8, 4) is 11.5 Å². The van der Waals surface area contributed by atoms with Crippen molar-refractivity contribution in [2.24, 2.45) is 5.16 Å². The first kappa shape index (κ1) is 18.3. The van der Waals surface area contributed by atoms with E-state index in [0.717, 1.165) is 22.4 Å². The molecule has 0 aliphatic rings. The van der Waals surface area contributed by atoms with E-state index >= 15 is 0 Å². The van der Waals surface area contributed by atoms with Crippen molar-refractivity contribution in [1.29, 1.82) is 0 Å². The first-order valence-electron chi connectivity index (χ1n) is 8.31. The van der Waals surface area contributed by atoms with Crippen molar-refractivity contribution in [2.45, 2.75) is 20.5 Å². The first-order valence-corrected chi connectivity index (χ1v) is 8.31. The molecule has 0 aliphatic carbocycles. The largest absolute Gasteiger partial charge is 0.493 e. The van der Waals surface area contributed by atoms with Crippen LogP contribution in [0.2, 0.25) is 0 Å². The molecule has 138 valence electrons. The molecule has 3 rings (SSSR count). The van der Waals surface area contributed by atoms with Gasteiger partial charge in [-0.25, -0.2) is 14.8 Å². The fourth-order valence-corrected chi connectivity index (χ4v) is 2.45. The lowest BCUT2D eigenvalue weighted by Gasteiger charge is -2.12. The van der Waals surface area contributed by atoms with E-state index in [9.17, 15) is 4.79 Å². The number of benzene rings is 2. The average Bonchev–Trinajstić information content (AvgIpc) is 2.66. The van der Waals surface area contributed by atoms with E-state index in [-0.39, 0.29) is 6.61 Å². The Morgan fingerprint density at radius 2 is 1.85 bits per heavy atom. The molecule has 0 fully saturated rings. The maximum absolute atomic E-state index is 10.7. The van der Waals surface area contributed by atoms with Gasteiger partial charge in [-0.3, -0.25) is 0 Å². The van der Waals surface area contributed by atoms with Gasteiger partial charge in [-0.05, 0) is 37.3 Å². The van der Waals surface area contributed by atoms with Crippen LogP contribution < -0.4 is 9.47 Å². The molecule has 0 spiro atoms. The van der Waals surface area contributed by atoms with E-state index < -0.39 is 5.97 Å². The molecule has 0 aliphatic heterocycles. The molecule has 0 amide bonds. The number of hydrogen-bond donors (Lipinski definition) is 0. The van der Waals surface area contributed by atoms with Crippen molar-refractivity contribution in [3.63, 3.8) is 0 Å². The molecular weight excluding hydrogens is 346 g/mol. The zero-order valence-electron chi connectivity index (χ0n) is 15.3. The van der Waals surface area contributed by atoms with Gasteiger partial charge in [0.05, 0.1) is 35.7 Å². The van der Waals surface area contributed by atoms with E-state index in [2.05, 4.69) is 20.0 Å². The summed E-state index contributed by atoms with van der Waals surface area (Å²) in [5.41, 5.74) is 3.97. The summed E-state index contributed by atoms with van der Waals surface area (Å²) in [6.45, 7) is 3.46. The van der Waals surface area contributed by atoms with E-state index in [1.54, 1.807) is 25.3 Å². The third kappa shape index (κ3) is 4.58. The number of oxime groups is 1. The van der Waals surface area contributed by atoms with Gasteiger partial charge >= 0.3 is 5.97 Å². The molecule has 0 saturated carbocycles. The molecule has 0 bridgehead atoms. The van der Waals surface area contributed by atoms with Crippen molar-refractivity contribution in [2.75, 3.05) is 7.11 Å². The van der Waals surface area contributed by atoms with Crippen LogP contribution in [0.25, 0.3) is 11.0 Å². The van der Waals surface area contributed by atoms with Gasteiger partial charge in [0.2, 0.25) is 0 Å². The molecule has 0 N–H and O–H groups in total. The SMILES string of the molecule is COc1cc(/C=N\OC(C)=O)ccc1OCc1nc2ccccc2nc1C. The second-order valence-corrected chi connectivity index (χ2v) is 5.76. The van der Waals surface area contributed by atoms with Gasteiger partial charge in [0.1, 0.15) is 6.61 Å². The number of rotatable bonds is 6. The van der Waals surface area contributed by atoms with Gasteiger partial charge in [0.15, 0.2) is 11.5 Å². The minimum absolute atomic E-state index is 0.265. The lowest BCUT2D eigenvalue weighted by atomic mass is 10.2. The highest BCUT2D eigenvalue weighted by Crippen LogP contribution is 2.28. The lowest BCUT2D eigenvalue weighted by Crippen LogP contribution is -2.04. The summed E-state index contributed by atoms with van der Waals surface area (Å²) in [7, 11) is 1.55. The van der Waals surface area contributed by atoms with Crippen molar-refractivity contribution in [1.82, 2.24) is 9.97 Å². The summed E-state index contributed by atoms with van der Waals surface area (Å²) >= 11 is 0. The molecule has 2 aromatic carbocycles. The van der Waals surface area contributed by atoms with Crippen LogP contribution in [0.1, 0.15) is 23.9 Å². The predicted molar refractivity (Wildman–Crippen MR) is 101 cm³/mol. The van der Waals surface area contributed by atoms with Crippen LogP contribution in [0.5, 0.6) is 11.5 Å². The van der Waals surface area contributed by atoms with Gasteiger partial charge < -0.3 is 14.3 Å². The summed E-state index contributed by atoms with van der Waals surface area (Å²) in [4.78, 5) is 24.5. The Hall–Kier alpha value is -3.48. The molecule has 27 heavy (non-hydrogen) atoms. The average molecular weight is 365 g/mol. The number of ether oxygens (including phenoxy) is 2. The topological polar surface area (TPSA) is 82.9 Å². The van der Waals surface area contributed by atoms with Crippen LogP contribution in [0, 0.1) is 6.92 Å². The van der Waals surface area contributed by atoms with E-state index in [1.807, 2.05) is 31.2 Å². The third-order valence-corrected chi connectivity index (χ3v) is 3.78. The number of hydrogen-bond acceptors (Lipinski definition) is 7. The first-order chi connectivity index (χ1) is 13.1. The quantitative estimate of drug-likeness (QED) is 0.378. The van der Waals surface area contributed by atoms with Gasteiger partial charge in [0, 0.05) is 12.5 Å². The monoisotopic (exact) mass is 365 g/mol. The molecule has 7 heteroatoms. The second-order valence-electron chi connectivity index (χ2n) is 5.76. The maximum atomic E-state index is 10.7. The number of methoxy groups -OCH3 is 1. The van der Waals surface area contributed by atoms with Gasteiger partial charge in [-0.15, -0.1) is 0 Å². The van der Waals surface area contributed by atoms with Crippen LogP contribution >= 0.6 is 0 Å². The fraction of sp³-hybridized carbons (Fsp3) is 0.200. The summed E-state index contributed by atoms with van der Waals surface area (Å²) in [6.07, 6.45) is 1.42. The minimum Gasteiger partial charge on any atom is -0.493 e. The van der Waals surface area contributed by atoms with Gasteiger partial charge in [-0.2, -0.15) is 0 Å². The minimum atomic E-state index is -0.481. The van der Waals surface area contributed by atoms with Crippen LogP contribution in [-0.2, 0) is 16.2 Å². The van der Waals surface area contributed by atoms with Crippen LogP contribution in [0.3, 0.4) is 0 Å². The zero-order chi connectivity index (χ0) is 19.2. The normalized spacial score (nSPS) is 10.9. The smallest absolute Gasteiger partial charge is 0.331 e. The number of nitrogens with zero attached hydrogens (tertiary/aromatic N) is 3. The van der Waals surface area contributed by atoms with Crippen LogP contribution in [-0.4, -0.2) is 29.3 Å². The van der Waals surface area contributed by atoms with Crippen molar-refractivity contribution < 1.29 is 19.1 Å². The number of aryl methyl sites for hydroxylation is 1. The Morgan fingerprint density at radius 1 is 1.11 bits per heavy atom. The molecular formula is C20H19N3O4. The molecule has 1 heterocycles. The molecule has 0 atom stereocenters. The number of fused-ring (bicyclic) bond motifs is 1. The van der Waals surface area contributed by atoms with Gasteiger partial charge in [0.25, 0.3) is 0 Å². The molecule has 1 aromatic heterocycles. The molecule has 0 saturated heterocycles. The Labute approximate surface area is 156 Å². The molecule has 0 unspecified atom stereocenters. The van der Waals surface area contributed by atoms with E-state index in [0.29, 0.717) is 17.1 Å². The highest BCUT2D eigenvalue weighted by molar-refractivity contribution is 5.81. The van der Waals surface area contributed by atoms with Crippen LogP contribution in [0.4, 0.5) is 0 Å². The number of carbonyl (C=O) groups is 1. The standard InChI is InChI=1S/C20H19N3O4/c1-13-18(23-17-7-5-4-6-16(17)22-13)12-26-19-9-8-15(10-20(19)25-3)11-21-27-14(2)24/h4-11H,12H2,1-3H3/b21-11-. The van der Waals surface area contributed by atoms with E-state index in [4.69, 9.17) is 9.47 Å². The highest BCUT2D eigenvalue weighted by atomic mass is 16.7. The highest BCUT2D eigenvalue weighted by Gasteiger charge is 2.09. The third-order valence-electron chi connectivity index (χ3n) is 3.78. The Kier molecular flexibility index (Phi) is 5.61. The van der Waals surface area contributed by atoms with E-state index in [1.165, 1.54) is 13.1 Å². The summed E-state index contributed by atoms with van der Waals surface area (Å²) in [6, 6.07) is 13.0. The maximum Gasteiger partial charge on any atom is 0.331 e. The molecule has 0 radical (unpaired) electrons. The zero-order valence-corrected chi connectivity index (χ0v) is 15.3.